The van der Waals surface area contributed by atoms with Gasteiger partial charge in [0.1, 0.15) is 5.82 Å². The Morgan fingerprint density at radius 3 is 2.70 bits per heavy atom. The summed E-state index contributed by atoms with van der Waals surface area (Å²) in [4.78, 5) is 29.2. The molecule has 170 valence electrons. The Morgan fingerprint density at radius 2 is 1.94 bits per heavy atom. The zero-order chi connectivity index (χ0) is 22.5. The second kappa shape index (κ2) is 7.86. The van der Waals surface area contributed by atoms with Crippen LogP contribution in [0.4, 0.5) is 5.69 Å². The number of aromatic amines is 1. The van der Waals surface area contributed by atoms with Crippen LogP contribution in [0.2, 0.25) is 0 Å². The summed E-state index contributed by atoms with van der Waals surface area (Å²) < 4.78 is 7.54. The molecular weight excluding hydrogens is 420 g/mol. The van der Waals surface area contributed by atoms with Gasteiger partial charge in [0.05, 0.1) is 48.3 Å². The van der Waals surface area contributed by atoms with Crippen molar-refractivity contribution in [1.29, 1.82) is 0 Å². The van der Waals surface area contributed by atoms with Crippen LogP contribution in [-0.4, -0.2) is 74.2 Å². The lowest BCUT2D eigenvalue weighted by Crippen LogP contribution is -2.36. The van der Waals surface area contributed by atoms with E-state index in [2.05, 4.69) is 43.5 Å². The highest BCUT2D eigenvalue weighted by Gasteiger charge is 2.37. The van der Waals surface area contributed by atoms with Crippen LogP contribution in [0.25, 0.3) is 27.9 Å². The van der Waals surface area contributed by atoms with Gasteiger partial charge < -0.3 is 24.6 Å². The summed E-state index contributed by atoms with van der Waals surface area (Å²) in [7, 11) is 0. The summed E-state index contributed by atoms with van der Waals surface area (Å²) in [6.45, 7) is 5.12. The normalized spacial score (nSPS) is 21.4. The fourth-order valence-corrected chi connectivity index (χ4v) is 5.08. The highest BCUT2D eigenvalue weighted by Crippen LogP contribution is 2.37. The molecule has 1 aromatic carbocycles. The van der Waals surface area contributed by atoms with Crippen molar-refractivity contribution < 1.29 is 14.6 Å². The van der Waals surface area contributed by atoms with E-state index in [0.29, 0.717) is 13.0 Å². The molecule has 1 amide bonds. The molecule has 6 rings (SSSR count). The van der Waals surface area contributed by atoms with Gasteiger partial charge >= 0.3 is 0 Å². The average Bonchev–Trinajstić information content (AvgIpc) is 3.55. The lowest BCUT2D eigenvalue weighted by atomic mass is 10.1. The molecule has 9 nitrogen and oxygen atoms in total. The van der Waals surface area contributed by atoms with Gasteiger partial charge in [-0.2, -0.15) is 0 Å². The number of ether oxygens (including phenoxy) is 1. The Morgan fingerprint density at radius 1 is 1.15 bits per heavy atom. The van der Waals surface area contributed by atoms with Gasteiger partial charge in [0.2, 0.25) is 5.91 Å². The number of benzene rings is 1. The van der Waals surface area contributed by atoms with Crippen LogP contribution >= 0.6 is 0 Å². The predicted octanol–water partition coefficient (Wildman–Crippen LogP) is 2.37. The lowest BCUT2D eigenvalue weighted by Gasteiger charge is -2.28. The van der Waals surface area contributed by atoms with E-state index in [4.69, 9.17) is 9.72 Å². The van der Waals surface area contributed by atoms with Crippen LogP contribution in [0.3, 0.4) is 0 Å². The number of aromatic nitrogens is 4. The number of hydrogen-bond donors (Lipinski definition) is 2. The Balaban J connectivity index is 1.48. The van der Waals surface area contributed by atoms with Crippen molar-refractivity contribution in [2.45, 2.75) is 25.5 Å². The molecule has 0 unspecified atom stereocenters. The van der Waals surface area contributed by atoms with Gasteiger partial charge in [-0.15, -0.1) is 0 Å². The van der Waals surface area contributed by atoms with Gasteiger partial charge in [0.25, 0.3) is 0 Å². The number of H-pyrrole nitrogens is 1. The number of carbonyl (C=O) groups is 1. The molecule has 0 aliphatic carbocycles. The van der Waals surface area contributed by atoms with E-state index >= 15 is 0 Å². The maximum absolute atomic E-state index is 12.3. The largest absolute Gasteiger partial charge is 0.391 e. The Hall–Kier alpha value is -3.43. The van der Waals surface area contributed by atoms with E-state index in [9.17, 15) is 9.90 Å². The third-order valence-electron chi connectivity index (χ3n) is 6.70. The first-order valence-electron chi connectivity index (χ1n) is 11.3. The number of carbonyl (C=O) groups excluding carboxylic acids is 1. The molecule has 2 fully saturated rings. The molecule has 0 radical (unpaired) electrons. The fourth-order valence-electron chi connectivity index (χ4n) is 5.08. The number of likely N-dealkylation sites (tertiary alicyclic amines) is 1. The zero-order valence-corrected chi connectivity index (χ0v) is 18.4. The van der Waals surface area contributed by atoms with Gasteiger partial charge in [-0.1, -0.05) is 12.1 Å². The summed E-state index contributed by atoms with van der Waals surface area (Å²) in [6, 6.07) is 10.1. The molecule has 33 heavy (non-hydrogen) atoms. The van der Waals surface area contributed by atoms with Crippen molar-refractivity contribution in [2.75, 3.05) is 37.7 Å². The minimum atomic E-state index is -0.564. The van der Waals surface area contributed by atoms with Crippen molar-refractivity contribution in [3.05, 3.63) is 48.5 Å². The molecule has 2 aliphatic rings. The van der Waals surface area contributed by atoms with E-state index in [1.54, 1.807) is 11.8 Å². The van der Waals surface area contributed by atoms with Gasteiger partial charge in [-0.05, 0) is 18.2 Å². The Labute approximate surface area is 190 Å². The van der Waals surface area contributed by atoms with E-state index in [1.807, 2.05) is 18.5 Å². The molecule has 2 aliphatic heterocycles. The highest BCUT2D eigenvalue weighted by atomic mass is 16.5. The number of aliphatic hydroxyl groups is 1. The molecule has 9 heteroatoms. The first-order valence-corrected chi connectivity index (χ1v) is 11.3. The van der Waals surface area contributed by atoms with Crippen molar-refractivity contribution >= 4 is 28.3 Å². The number of anilines is 1. The third kappa shape index (κ3) is 3.35. The monoisotopic (exact) mass is 446 g/mol. The molecule has 0 bridgehead atoms. The summed E-state index contributed by atoms with van der Waals surface area (Å²) in [6.07, 6.45) is 3.57. The Kier molecular flexibility index (Phi) is 4.81. The average molecular weight is 447 g/mol. The number of hydrogen-bond acceptors (Lipinski definition) is 6. The molecule has 4 aromatic rings. The number of imidazole rings is 1. The number of amides is 1. The predicted molar refractivity (Wildman–Crippen MR) is 124 cm³/mol. The number of nitrogens with zero attached hydrogens (tertiary/aromatic N) is 5. The molecule has 3 aromatic heterocycles. The van der Waals surface area contributed by atoms with Crippen molar-refractivity contribution in [3.8, 4) is 11.3 Å². The summed E-state index contributed by atoms with van der Waals surface area (Å²) >= 11 is 0. The standard InChI is InChI=1S/C24H26N6O3/c1-15(31)29-14-18(32)12-20(29)24-27-22(21-13-26-23-19(30(21)24)6-7-25-23)16-2-4-17(5-3-16)28-8-10-33-11-9-28/h2-7,13,18,20,25,32H,8-12,14H2,1H3/t18-,20-/m1/s1. The molecule has 0 spiro atoms. The number of rotatable bonds is 3. The smallest absolute Gasteiger partial charge is 0.220 e. The van der Waals surface area contributed by atoms with Crippen LogP contribution in [0.5, 0.6) is 0 Å². The van der Waals surface area contributed by atoms with Gasteiger partial charge in [-0.3, -0.25) is 9.20 Å². The molecule has 2 atom stereocenters. The number of nitrogens with one attached hydrogen (secondary N) is 1. The number of morpholine rings is 1. The van der Waals surface area contributed by atoms with Crippen molar-refractivity contribution in [3.63, 3.8) is 0 Å². The van der Waals surface area contributed by atoms with Crippen LogP contribution < -0.4 is 4.90 Å². The quantitative estimate of drug-likeness (QED) is 0.501. The Bertz CT molecular complexity index is 1320. The van der Waals surface area contributed by atoms with Crippen LogP contribution in [0.1, 0.15) is 25.2 Å². The number of aliphatic hydroxyl groups excluding tert-OH is 1. The van der Waals surface area contributed by atoms with Crippen molar-refractivity contribution in [2.24, 2.45) is 0 Å². The minimum Gasteiger partial charge on any atom is -0.391 e. The number of fused-ring (bicyclic) bond motifs is 3. The van der Waals surface area contributed by atoms with E-state index in [0.717, 1.165) is 60.1 Å². The lowest BCUT2D eigenvalue weighted by molar-refractivity contribution is -0.130. The second-order valence-corrected chi connectivity index (χ2v) is 8.73. The van der Waals surface area contributed by atoms with E-state index in [1.165, 1.54) is 5.69 Å². The molecule has 5 heterocycles. The number of β-amino-alcohol motifs (C(OH)–C–C–N with tert-alkyl or cyclic N) is 1. The summed E-state index contributed by atoms with van der Waals surface area (Å²) in [5, 5.41) is 10.3. The minimum absolute atomic E-state index is 0.0657. The van der Waals surface area contributed by atoms with Crippen molar-refractivity contribution in [1.82, 2.24) is 24.3 Å². The second-order valence-electron chi connectivity index (χ2n) is 8.73. The zero-order valence-electron chi connectivity index (χ0n) is 18.4. The SMILES string of the molecule is CC(=O)N1C[C@H](O)C[C@@H]1c1nc(-c2ccc(N3CCOCC3)cc2)c2cnc3[nH]ccc3n12. The first-order chi connectivity index (χ1) is 16.1. The molecule has 0 saturated carbocycles. The van der Waals surface area contributed by atoms with E-state index < -0.39 is 6.10 Å². The van der Waals surface area contributed by atoms with Crippen LogP contribution in [-0.2, 0) is 9.53 Å². The first kappa shape index (κ1) is 20.2. The summed E-state index contributed by atoms with van der Waals surface area (Å²) in [5.74, 6) is 0.681. The molecular formula is C24H26N6O3. The highest BCUT2D eigenvalue weighted by molar-refractivity contribution is 5.85. The van der Waals surface area contributed by atoms with E-state index in [-0.39, 0.29) is 11.9 Å². The third-order valence-corrected chi connectivity index (χ3v) is 6.70. The van der Waals surface area contributed by atoms with Gasteiger partial charge in [0, 0.05) is 50.4 Å². The summed E-state index contributed by atoms with van der Waals surface area (Å²) in [5.41, 5.74) is 5.50. The maximum Gasteiger partial charge on any atom is 0.220 e. The fraction of sp³-hybridized carbons (Fsp3) is 0.375. The topological polar surface area (TPSA) is 99.0 Å². The van der Waals surface area contributed by atoms with Gasteiger partial charge in [0.15, 0.2) is 5.65 Å². The van der Waals surface area contributed by atoms with Crippen LogP contribution in [0, 0.1) is 0 Å². The van der Waals surface area contributed by atoms with Gasteiger partial charge in [-0.25, -0.2) is 9.97 Å². The molecule has 2 saturated heterocycles. The van der Waals surface area contributed by atoms with Crippen LogP contribution in [0.15, 0.2) is 42.7 Å². The maximum atomic E-state index is 12.3. The molecule has 2 N–H and O–H groups in total.